The first-order valence-corrected chi connectivity index (χ1v) is 7.84. The number of benzene rings is 1. The zero-order valence-electron chi connectivity index (χ0n) is 10.9. The molecule has 1 unspecified atom stereocenters. The molecule has 1 aromatic rings. The van der Waals surface area contributed by atoms with Crippen LogP contribution in [0.2, 0.25) is 0 Å². The highest BCUT2D eigenvalue weighted by molar-refractivity contribution is 8.14. The predicted octanol–water partition coefficient (Wildman–Crippen LogP) is 3.75. The Morgan fingerprint density at radius 1 is 1.33 bits per heavy atom. The Kier molecular flexibility index (Phi) is 3.33. The van der Waals surface area contributed by atoms with Gasteiger partial charge in [0.2, 0.25) is 0 Å². The number of hydrogen-bond donors (Lipinski definition) is 1. The minimum Gasteiger partial charge on any atom is -0.359 e. The molecule has 0 aromatic heterocycles. The summed E-state index contributed by atoms with van der Waals surface area (Å²) in [5, 5.41) is 4.85. The van der Waals surface area contributed by atoms with Crippen molar-refractivity contribution in [1.82, 2.24) is 5.32 Å². The summed E-state index contributed by atoms with van der Waals surface area (Å²) < 4.78 is 0. The molecule has 96 valence electrons. The van der Waals surface area contributed by atoms with E-state index in [9.17, 15) is 0 Å². The van der Waals surface area contributed by atoms with Gasteiger partial charge in [-0.25, -0.2) is 0 Å². The summed E-state index contributed by atoms with van der Waals surface area (Å²) >= 11 is 1.88. The van der Waals surface area contributed by atoms with Crippen LogP contribution >= 0.6 is 11.8 Å². The molecule has 1 aliphatic heterocycles. The lowest BCUT2D eigenvalue weighted by atomic mass is 9.75. The van der Waals surface area contributed by atoms with E-state index in [1.807, 2.05) is 11.8 Å². The molecule has 1 aromatic carbocycles. The monoisotopic (exact) mass is 260 g/mol. The molecule has 3 rings (SSSR count). The highest BCUT2D eigenvalue weighted by atomic mass is 32.2. The summed E-state index contributed by atoms with van der Waals surface area (Å²) in [5.41, 5.74) is 1.69. The lowest BCUT2D eigenvalue weighted by Gasteiger charge is -2.42. The number of aliphatic imine (C=N–C) groups is 1. The van der Waals surface area contributed by atoms with Gasteiger partial charge in [-0.2, -0.15) is 0 Å². The largest absolute Gasteiger partial charge is 0.359 e. The van der Waals surface area contributed by atoms with Gasteiger partial charge in [0.15, 0.2) is 5.17 Å². The van der Waals surface area contributed by atoms with Gasteiger partial charge in [0, 0.05) is 11.3 Å². The molecule has 0 amide bonds. The molecule has 0 spiro atoms. The zero-order valence-corrected chi connectivity index (χ0v) is 11.7. The van der Waals surface area contributed by atoms with Gasteiger partial charge in [-0.3, -0.25) is 4.99 Å². The Bertz CT molecular complexity index is 432. The average Bonchev–Trinajstić information content (AvgIpc) is 2.83. The van der Waals surface area contributed by atoms with Gasteiger partial charge in [0.25, 0.3) is 0 Å². The van der Waals surface area contributed by atoms with E-state index in [1.54, 1.807) is 0 Å². The van der Waals surface area contributed by atoms with E-state index in [2.05, 4.69) is 42.6 Å². The summed E-state index contributed by atoms with van der Waals surface area (Å²) in [4.78, 5) is 4.84. The number of hydrogen-bond acceptors (Lipinski definition) is 3. The first-order valence-electron chi connectivity index (χ1n) is 6.85. The van der Waals surface area contributed by atoms with E-state index in [1.165, 1.54) is 31.2 Å². The maximum Gasteiger partial charge on any atom is 0.157 e. The van der Waals surface area contributed by atoms with Gasteiger partial charge >= 0.3 is 0 Å². The van der Waals surface area contributed by atoms with Crippen molar-refractivity contribution in [1.29, 1.82) is 0 Å². The third-order valence-electron chi connectivity index (χ3n) is 4.19. The lowest BCUT2D eigenvalue weighted by molar-refractivity contribution is 0.211. The van der Waals surface area contributed by atoms with Gasteiger partial charge in [-0.15, -0.1) is 0 Å². The van der Waals surface area contributed by atoms with Crippen molar-refractivity contribution < 1.29 is 0 Å². The Balaban J connectivity index is 1.69. The Morgan fingerprint density at radius 3 is 2.72 bits per heavy atom. The van der Waals surface area contributed by atoms with Crippen LogP contribution in [0.25, 0.3) is 0 Å². The molecule has 1 fully saturated rings. The van der Waals surface area contributed by atoms with Crippen molar-refractivity contribution in [3.05, 3.63) is 35.9 Å². The third-order valence-corrected chi connectivity index (χ3v) is 5.16. The highest BCUT2D eigenvalue weighted by Gasteiger charge is 2.37. The molecule has 0 bridgehead atoms. The first kappa shape index (κ1) is 12.1. The van der Waals surface area contributed by atoms with Crippen LogP contribution in [0.15, 0.2) is 35.3 Å². The van der Waals surface area contributed by atoms with E-state index in [4.69, 9.17) is 4.99 Å². The lowest BCUT2D eigenvalue weighted by Crippen LogP contribution is -2.51. The number of rotatable bonds is 3. The highest BCUT2D eigenvalue weighted by Crippen LogP contribution is 2.37. The SMILES string of the molecule is CCC1(NC2=NC(c3ccccc3)CS2)CCC1. The van der Waals surface area contributed by atoms with Gasteiger partial charge in [0.1, 0.15) is 0 Å². The van der Waals surface area contributed by atoms with Crippen LogP contribution in [-0.2, 0) is 0 Å². The summed E-state index contributed by atoms with van der Waals surface area (Å²) in [5.74, 6) is 1.08. The normalized spacial score (nSPS) is 25.4. The van der Waals surface area contributed by atoms with E-state index in [-0.39, 0.29) is 0 Å². The van der Waals surface area contributed by atoms with Crippen LogP contribution < -0.4 is 5.32 Å². The van der Waals surface area contributed by atoms with E-state index in [0.29, 0.717) is 11.6 Å². The molecule has 2 nitrogen and oxygen atoms in total. The summed E-state index contributed by atoms with van der Waals surface area (Å²) in [6, 6.07) is 11.0. The second-order valence-electron chi connectivity index (χ2n) is 5.28. The molecule has 0 saturated heterocycles. The third kappa shape index (κ3) is 2.28. The van der Waals surface area contributed by atoms with E-state index in [0.717, 1.165) is 10.9 Å². The van der Waals surface area contributed by atoms with Crippen molar-refractivity contribution in [3.8, 4) is 0 Å². The molecular formula is C15H20N2S. The minimum atomic E-state index is 0.340. The summed E-state index contributed by atoms with van der Waals surface area (Å²) in [6.07, 6.45) is 5.18. The molecule has 3 heteroatoms. The van der Waals surface area contributed by atoms with Crippen LogP contribution in [0.4, 0.5) is 0 Å². The molecule has 2 aliphatic rings. The van der Waals surface area contributed by atoms with Crippen molar-refractivity contribution in [3.63, 3.8) is 0 Å². The van der Waals surface area contributed by atoms with Crippen LogP contribution in [-0.4, -0.2) is 16.5 Å². The Labute approximate surface area is 113 Å². The average molecular weight is 260 g/mol. The summed E-state index contributed by atoms with van der Waals surface area (Å²) in [6.45, 7) is 2.28. The second kappa shape index (κ2) is 4.96. The first-order chi connectivity index (χ1) is 8.81. The quantitative estimate of drug-likeness (QED) is 0.895. The molecule has 1 aliphatic carbocycles. The fourth-order valence-corrected chi connectivity index (χ4v) is 3.76. The van der Waals surface area contributed by atoms with Crippen LogP contribution in [0.1, 0.15) is 44.2 Å². The molecule has 1 N–H and O–H groups in total. The standard InChI is InChI=1S/C15H20N2S/c1-2-15(9-6-10-15)17-14-16-13(11-18-14)12-7-4-3-5-8-12/h3-5,7-8,13H,2,6,9-11H2,1H3,(H,16,17). The number of nitrogens with one attached hydrogen (secondary N) is 1. The smallest absolute Gasteiger partial charge is 0.157 e. The van der Waals surface area contributed by atoms with Gasteiger partial charge < -0.3 is 5.32 Å². The van der Waals surface area contributed by atoms with Gasteiger partial charge in [0.05, 0.1) is 6.04 Å². The summed E-state index contributed by atoms with van der Waals surface area (Å²) in [7, 11) is 0. The number of nitrogens with zero attached hydrogens (tertiary/aromatic N) is 1. The Morgan fingerprint density at radius 2 is 2.11 bits per heavy atom. The molecule has 18 heavy (non-hydrogen) atoms. The fraction of sp³-hybridized carbons (Fsp3) is 0.533. The van der Waals surface area contributed by atoms with Crippen LogP contribution in [0, 0.1) is 0 Å². The molecule has 1 heterocycles. The topological polar surface area (TPSA) is 24.4 Å². The van der Waals surface area contributed by atoms with E-state index < -0.39 is 0 Å². The maximum absolute atomic E-state index is 4.84. The second-order valence-corrected chi connectivity index (χ2v) is 6.29. The van der Waals surface area contributed by atoms with Crippen molar-refractivity contribution in [2.75, 3.05) is 5.75 Å². The maximum atomic E-state index is 4.84. The number of amidine groups is 1. The number of thioether (sulfide) groups is 1. The molecular weight excluding hydrogens is 240 g/mol. The zero-order chi connectivity index (χ0) is 12.4. The van der Waals surface area contributed by atoms with Gasteiger partial charge in [-0.05, 0) is 31.2 Å². The predicted molar refractivity (Wildman–Crippen MR) is 79.1 cm³/mol. The fourth-order valence-electron chi connectivity index (χ4n) is 2.69. The van der Waals surface area contributed by atoms with Crippen molar-refractivity contribution in [2.24, 2.45) is 4.99 Å². The van der Waals surface area contributed by atoms with E-state index >= 15 is 0 Å². The van der Waals surface area contributed by atoms with Crippen molar-refractivity contribution >= 4 is 16.9 Å². The molecule has 0 radical (unpaired) electrons. The molecule has 1 atom stereocenters. The van der Waals surface area contributed by atoms with Crippen molar-refractivity contribution in [2.45, 2.75) is 44.2 Å². The molecule has 1 saturated carbocycles. The van der Waals surface area contributed by atoms with Gasteiger partial charge in [-0.1, -0.05) is 49.0 Å². The Hall–Kier alpha value is -0.960. The van der Waals surface area contributed by atoms with Crippen LogP contribution in [0.3, 0.4) is 0 Å². The minimum absolute atomic E-state index is 0.340. The van der Waals surface area contributed by atoms with Crippen LogP contribution in [0.5, 0.6) is 0 Å².